The van der Waals surface area contributed by atoms with Crippen molar-refractivity contribution < 1.29 is 17.2 Å². The number of nitrogens with one attached hydrogen (secondary N) is 1. The molecule has 1 aliphatic heterocycles. The molecule has 0 fully saturated rings. The van der Waals surface area contributed by atoms with E-state index in [2.05, 4.69) is 4.72 Å². The van der Waals surface area contributed by atoms with Crippen LogP contribution in [0, 0.1) is 11.6 Å². The molecule has 0 radical (unpaired) electrons. The molecule has 0 aliphatic carbocycles. The third-order valence-electron chi connectivity index (χ3n) is 3.43. The molecular formula is C15H13F2NO2S2. The van der Waals surface area contributed by atoms with E-state index in [1.165, 1.54) is 36.0 Å². The fourth-order valence-corrected chi connectivity index (χ4v) is 4.82. The molecule has 3 rings (SSSR count). The molecule has 0 saturated heterocycles. The van der Waals surface area contributed by atoms with E-state index in [-0.39, 0.29) is 10.7 Å². The summed E-state index contributed by atoms with van der Waals surface area (Å²) in [7, 11) is -3.86. The van der Waals surface area contributed by atoms with Gasteiger partial charge in [-0.25, -0.2) is 21.9 Å². The van der Waals surface area contributed by atoms with Gasteiger partial charge in [0.15, 0.2) is 0 Å². The van der Waals surface area contributed by atoms with Crippen LogP contribution in [0.25, 0.3) is 0 Å². The smallest absolute Gasteiger partial charge is 0.207 e. The monoisotopic (exact) mass is 341 g/mol. The zero-order valence-corrected chi connectivity index (χ0v) is 13.1. The Morgan fingerprint density at radius 2 is 1.91 bits per heavy atom. The van der Waals surface area contributed by atoms with E-state index in [4.69, 9.17) is 0 Å². The van der Waals surface area contributed by atoms with E-state index in [0.717, 1.165) is 6.07 Å². The predicted molar refractivity (Wildman–Crippen MR) is 81.2 cm³/mol. The maximum absolute atomic E-state index is 13.8. The zero-order valence-electron chi connectivity index (χ0n) is 11.4. The Morgan fingerprint density at radius 1 is 1.14 bits per heavy atom. The van der Waals surface area contributed by atoms with Crippen LogP contribution in [0.3, 0.4) is 0 Å². The van der Waals surface area contributed by atoms with Crippen molar-refractivity contribution in [3.05, 3.63) is 59.7 Å². The summed E-state index contributed by atoms with van der Waals surface area (Å²) in [6.45, 7) is 0. The number of hydrogen-bond acceptors (Lipinski definition) is 3. The van der Waals surface area contributed by atoms with E-state index in [0.29, 0.717) is 22.6 Å². The van der Waals surface area contributed by atoms with Gasteiger partial charge >= 0.3 is 0 Å². The molecule has 0 amide bonds. The van der Waals surface area contributed by atoms with Gasteiger partial charge in [0.25, 0.3) is 0 Å². The highest BCUT2D eigenvalue weighted by Crippen LogP contribution is 2.38. The van der Waals surface area contributed by atoms with Crippen molar-refractivity contribution in [3.8, 4) is 0 Å². The van der Waals surface area contributed by atoms with Crippen molar-refractivity contribution in [1.29, 1.82) is 0 Å². The summed E-state index contributed by atoms with van der Waals surface area (Å²) < 4.78 is 54.3. The van der Waals surface area contributed by atoms with Gasteiger partial charge in [-0.1, -0.05) is 18.2 Å². The lowest BCUT2D eigenvalue weighted by atomic mass is 10.0. The van der Waals surface area contributed by atoms with Gasteiger partial charge in [-0.15, -0.1) is 11.8 Å². The lowest BCUT2D eigenvalue weighted by Crippen LogP contribution is -2.31. The molecule has 0 unspecified atom stereocenters. The number of rotatable bonds is 3. The number of benzene rings is 2. The number of halogens is 2. The number of fused-ring (bicyclic) bond motifs is 1. The molecule has 1 aliphatic rings. The quantitative estimate of drug-likeness (QED) is 0.930. The van der Waals surface area contributed by atoms with E-state index >= 15 is 0 Å². The number of sulfonamides is 1. The maximum atomic E-state index is 13.8. The Hall–Kier alpha value is -1.44. The van der Waals surface area contributed by atoms with Gasteiger partial charge in [-0.05, 0) is 42.0 Å². The first kappa shape index (κ1) is 15.5. The van der Waals surface area contributed by atoms with Crippen molar-refractivity contribution in [2.45, 2.75) is 22.3 Å². The largest absolute Gasteiger partial charge is 0.241 e. The van der Waals surface area contributed by atoms with E-state index in [1.807, 2.05) is 0 Å². The molecule has 0 saturated carbocycles. The number of hydrogen-bond donors (Lipinski definition) is 1. The van der Waals surface area contributed by atoms with Gasteiger partial charge in [0.2, 0.25) is 10.0 Å². The lowest BCUT2D eigenvalue weighted by Gasteiger charge is -2.26. The average molecular weight is 341 g/mol. The maximum Gasteiger partial charge on any atom is 0.241 e. The molecule has 7 heteroatoms. The standard InChI is InChI=1S/C15H13F2NO2S2/c16-10-3-1-4-11(9-10)22(19,20)18-14-7-8-21-15-12(14)5-2-6-13(15)17/h1-6,9,14,18H,7-8H2/t14-/m1/s1. The third-order valence-corrected chi connectivity index (χ3v) is 6.06. The molecule has 1 atom stereocenters. The lowest BCUT2D eigenvalue weighted by molar-refractivity contribution is 0.532. The van der Waals surface area contributed by atoms with Gasteiger partial charge in [0.05, 0.1) is 4.90 Å². The first-order valence-electron chi connectivity index (χ1n) is 6.66. The minimum Gasteiger partial charge on any atom is -0.207 e. The normalized spacial score (nSPS) is 18.0. The highest BCUT2D eigenvalue weighted by Gasteiger charge is 2.27. The molecule has 3 nitrogen and oxygen atoms in total. The summed E-state index contributed by atoms with van der Waals surface area (Å²) in [6, 6.07) is 8.93. The van der Waals surface area contributed by atoms with E-state index in [1.54, 1.807) is 12.1 Å². The number of thioether (sulfide) groups is 1. The van der Waals surface area contributed by atoms with Crippen LogP contribution < -0.4 is 4.72 Å². The van der Waals surface area contributed by atoms with Gasteiger partial charge in [-0.2, -0.15) is 0 Å². The molecule has 116 valence electrons. The van der Waals surface area contributed by atoms with Gasteiger partial charge in [0, 0.05) is 10.9 Å². The molecule has 0 spiro atoms. The molecule has 22 heavy (non-hydrogen) atoms. The van der Waals surface area contributed by atoms with Crippen LogP contribution in [0.4, 0.5) is 8.78 Å². The Kier molecular flexibility index (Phi) is 4.20. The van der Waals surface area contributed by atoms with Gasteiger partial charge in [0.1, 0.15) is 11.6 Å². The summed E-state index contributed by atoms with van der Waals surface area (Å²) in [4.78, 5) is 0.337. The predicted octanol–water partition coefficient (Wildman–Crippen LogP) is 3.48. The first-order chi connectivity index (χ1) is 10.5. The first-order valence-corrected chi connectivity index (χ1v) is 9.13. The summed E-state index contributed by atoms with van der Waals surface area (Å²) >= 11 is 1.37. The molecule has 1 heterocycles. The van der Waals surface area contributed by atoms with E-state index in [9.17, 15) is 17.2 Å². The van der Waals surface area contributed by atoms with Crippen molar-refractivity contribution >= 4 is 21.8 Å². The Bertz CT molecular complexity index is 809. The minimum atomic E-state index is -3.86. The minimum absolute atomic E-state index is 0.135. The van der Waals surface area contributed by atoms with Crippen LogP contribution in [-0.2, 0) is 10.0 Å². The van der Waals surface area contributed by atoms with Crippen LogP contribution in [0.2, 0.25) is 0 Å². The van der Waals surface area contributed by atoms with Crippen molar-refractivity contribution in [2.75, 3.05) is 5.75 Å². The Balaban J connectivity index is 1.93. The van der Waals surface area contributed by atoms with Gasteiger partial charge < -0.3 is 0 Å². The summed E-state index contributed by atoms with van der Waals surface area (Å²) in [5.41, 5.74) is 0.622. The fourth-order valence-electron chi connectivity index (χ4n) is 2.40. The topological polar surface area (TPSA) is 46.2 Å². The molecule has 2 aromatic rings. The van der Waals surface area contributed by atoms with Crippen molar-refractivity contribution in [3.63, 3.8) is 0 Å². The zero-order chi connectivity index (χ0) is 15.7. The van der Waals surface area contributed by atoms with Crippen molar-refractivity contribution in [1.82, 2.24) is 4.72 Å². The van der Waals surface area contributed by atoms with Crippen LogP contribution in [0.15, 0.2) is 52.3 Å². The second-order valence-corrected chi connectivity index (χ2v) is 7.75. The summed E-state index contributed by atoms with van der Waals surface area (Å²) in [5.74, 6) is -0.352. The summed E-state index contributed by atoms with van der Waals surface area (Å²) in [6.07, 6.45) is 0.551. The molecular weight excluding hydrogens is 328 g/mol. The van der Waals surface area contributed by atoms with Crippen LogP contribution >= 0.6 is 11.8 Å². The SMILES string of the molecule is O=S(=O)(N[C@@H]1CCSc2c(F)cccc21)c1cccc(F)c1. The highest BCUT2D eigenvalue weighted by molar-refractivity contribution is 7.99. The van der Waals surface area contributed by atoms with Gasteiger partial charge in [-0.3, -0.25) is 0 Å². The Labute approximate surface area is 131 Å². The van der Waals surface area contributed by atoms with Crippen molar-refractivity contribution in [2.24, 2.45) is 0 Å². The molecule has 0 aromatic heterocycles. The second kappa shape index (κ2) is 5.98. The summed E-state index contributed by atoms with van der Waals surface area (Å²) in [5, 5.41) is 0. The van der Waals surface area contributed by atoms with Crippen LogP contribution in [0.1, 0.15) is 18.0 Å². The second-order valence-electron chi connectivity index (χ2n) is 4.93. The van der Waals surface area contributed by atoms with E-state index < -0.39 is 21.9 Å². The third kappa shape index (κ3) is 3.02. The molecule has 1 N–H and O–H groups in total. The molecule has 2 aromatic carbocycles. The van der Waals surface area contributed by atoms with Crippen LogP contribution in [-0.4, -0.2) is 14.2 Å². The molecule has 0 bridgehead atoms. The average Bonchev–Trinajstić information content (AvgIpc) is 2.48. The Morgan fingerprint density at radius 3 is 2.68 bits per heavy atom. The highest BCUT2D eigenvalue weighted by atomic mass is 32.2. The van der Waals surface area contributed by atoms with Crippen LogP contribution in [0.5, 0.6) is 0 Å². The fraction of sp³-hybridized carbons (Fsp3) is 0.200.